The first-order chi connectivity index (χ1) is 17.7. The number of pyridine rings is 1. The van der Waals surface area contributed by atoms with Crippen LogP contribution in [0.3, 0.4) is 0 Å². The number of aromatic nitrogens is 1. The molecule has 5 rings (SSSR count). The number of hydrogen-bond acceptors (Lipinski definition) is 6. The maximum Gasteiger partial charge on any atom is 0.335 e. The fraction of sp³-hybridized carbons (Fsp3) is 0.115. The number of carbonyl (C=O) groups is 1. The standard InChI is InChI=1S/C26H22N4O5S2/c1-37(33,34)29-18-8-10-19(11-9-18)30-24(23(28-26(30)36)20-7-2-3-14-27-20)22-13-12-21(35-22)16-5-4-6-17(15-16)25(31)32/h2-15,23-24,29H,1H3,(H,28,36)(H,31,32)/t23-,24+/m1/s1. The second-order valence-electron chi connectivity index (χ2n) is 8.51. The van der Waals surface area contributed by atoms with Crippen LogP contribution >= 0.6 is 12.2 Å². The Hall–Kier alpha value is -4.22. The zero-order valence-electron chi connectivity index (χ0n) is 19.5. The third-order valence-electron chi connectivity index (χ3n) is 5.86. The summed E-state index contributed by atoms with van der Waals surface area (Å²) in [6.07, 6.45) is 2.80. The molecule has 188 valence electrons. The van der Waals surface area contributed by atoms with Gasteiger partial charge in [-0.15, -0.1) is 0 Å². The lowest BCUT2D eigenvalue weighted by Crippen LogP contribution is -2.29. The molecule has 0 aliphatic carbocycles. The molecule has 3 heterocycles. The largest absolute Gasteiger partial charge is 0.478 e. The number of benzene rings is 2. The van der Waals surface area contributed by atoms with E-state index < -0.39 is 22.0 Å². The Morgan fingerprint density at radius 2 is 1.86 bits per heavy atom. The molecule has 0 amide bonds. The minimum Gasteiger partial charge on any atom is -0.478 e. The highest BCUT2D eigenvalue weighted by Gasteiger charge is 2.42. The molecule has 1 saturated heterocycles. The molecule has 4 aromatic rings. The van der Waals surface area contributed by atoms with Gasteiger partial charge in [-0.3, -0.25) is 9.71 Å². The van der Waals surface area contributed by atoms with Crippen LogP contribution in [0.5, 0.6) is 0 Å². The van der Waals surface area contributed by atoms with E-state index in [4.69, 9.17) is 16.6 Å². The lowest BCUT2D eigenvalue weighted by Gasteiger charge is -2.26. The molecule has 3 N–H and O–H groups in total. The van der Waals surface area contributed by atoms with E-state index >= 15 is 0 Å². The summed E-state index contributed by atoms with van der Waals surface area (Å²) < 4.78 is 31.9. The van der Waals surface area contributed by atoms with Crippen molar-refractivity contribution in [1.29, 1.82) is 0 Å². The number of anilines is 2. The Kier molecular flexibility index (Phi) is 6.40. The summed E-state index contributed by atoms with van der Waals surface area (Å²) in [6, 6.07) is 21.9. The number of aromatic carboxylic acids is 1. The van der Waals surface area contributed by atoms with Crippen molar-refractivity contribution in [3.8, 4) is 11.3 Å². The van der Waals surface area contributed by atoms with Gasteiger partial charge in [-0.2, -0.15) is 0 Å². The van der Waals surface area contributed by atoms with Gasteiger partial charge in [-0.25, -0.2) is 13.2 Å². The zero-order chi connectivity index (χ0) is 26.2. The molecule has 1 aliphatic heterocycles. The summed E-state index contributed by atoms with van der Waals surface area (Å²) in [4.78, 5) is 17.8. The Morgan fingerprint density at radius 3 is 2.54 bits per heavy atom. The predicted octanol–water partition coefficient (Wildman–Crippen LogP) is 4.59. The van der Waals surface area contributed by atoms with Gasteiger partial charge in [0.05, 0.1) is 23.6 Å². The summed E-state index contributed by atoms with van der Waals surface area (Å²) in [7, 11) is -3.41. The van der Waals surface area contributed by atoms with Crippen LogP contribution in [-0.4, -0.2) is 35.8 Å². The fourth-order valence-corrected chi connectivity index (χ4v) is 5.21. The third kappa shape index (κ3) is 5.18. The summed E-state index contributed by atoms with van der Waals surface area (Å²) in [6.45, 7) is 0. The minimum absolute atomic E-state index is 0.162. The topological polar surface area (TPSA) is 125 Å². The molecule has 2 aromatic heterocycles. The second kappa shape index (κ2) is 9.68. The van der Waals surface area contributed by atoms with E-state index in [1.807, 2.05) is 29.2 Å². The van der Waals surface area contributed by atoms with Gasteiger partial charge in [-0.05, 0) is 72.9 Å². The van der Waals surface area contributed by atoms with Crippen LogP contribution in [0.1, 0.15) is 33.9 Å². The third-order valence-corrected chi connectivity index (χ3v) is 6.78. The van der Waals surface area contributed by atoms with Gasteiger partial charge in [0.25, 0.3) is 0 Å². The van der Waals surface area contributed by atoms with Crippen molar-refractivity contribution in [2.75, 3.05) is 15.9 Å². The van der Waals surface area contributed by atoms with Crippen molar-refractivity contribution in [3.05, 3.63) is 102 Å². The lowest BCUT2D eigenvalue weighted by molar-refractivity contribution is 0.0697. The molecule has 9 nitrogen and oxygen atoms in total. The minimum atomic E-state index is -3.41. The quantitative estimate of drug-likeness (QED) is 0.292. The van der Waals surface area contributed by atoms with E-state index in [2.05, 4.69) is 15.0 Å². The maximum atomic E-state index is 11.6. The van der Waals surface area contributed by atoms with Crippen molar-refractivity contribution in [3.63, 3.8) is 0 Å². The molecule has 0 saturated carbocycles. The molecule has 2 atom stereocenters. The molecular formula is C26H22N4O5S2. The van der Waals surface area contributed by atoms with E-state index in [1.54, 1.807) is 54.7 Å². The first-order valence-electron chi connectivity index (χ1n) is 11.2. The highest BCUT2D eigenvalue weighted by Crippen LogP contribution is 2.43. The number of furan rings is 1. The Balaban J connectivity index is 1.55. The number of thiocarbonyl (C=S) groups is 1. The smallest absolute Gasteiger partial charge is 0.335 e. The fourth-order valence-electron chi connectivity index (χ4n) is 4.30. The number of sulfonamides is 1. The zero-order valence-corrected chi connectivity index (χ0v) is 21.2. The van der Waals surface area contributed by atoms with Crippen molar-refractivity contribution >= 4 is 44.7 Å². The van der Waals surface area contributed by atoms with Crippen LogP contribution in [0.2, 0.25) is 0 Å². The van der Waals surface area contributed by atoms with Crippen LogP contribution in [0, 0.1) is 0 Å². The highest BCUT2D eigenvalue weighted by atomic mass is 32.2. The van der Waals surface area contributed by atoms with E-state index in [0.717, 1.165) is 17.6 Å². The average molecular weight is 535 g/mol. The monoisotopic (exact) mass is 534 g/mol. The van der Waals surface area contributed by atoms with Crippen LogP contribution < -0.4 is 14.9 Å². The molecular weight excluding hydrogens is 512 g/mol. The molecule has 2 aromatic carbocycles. The number of rotatable bonds is 7. The predicted molar refractivity (Wildman–Crippen MR) is 144 cm³/mol. The summed E-state index contributed by atoms with van der Waals surface area (Å²) in [5, 5.41) is 13.2. The Bertz CT molecular complexity index is 1570. The summed E-state index contributed by atoms with van der Waals surface area (Å²) >= 11 is 5.71. The van der Waals surface area contributed by atoms with E-state index in [1.165, 1.54) is 6.07 Å². The number of nitrogens with zero attached hydrogens (tertiary/aromatic N) is 2. The molecule has 37 heavy (non-hydrogen) atoms. The number of carboxylic acid groups (broad SMARTS) is 1. The molecule has 0 spiro atoms. The molecule has 1 aliphatic rings. The lowest BCUT2D eigenvalue weighted by atomic mass is 10.0. The second-order valence-corrected chi connectivity index (χ2v) is 10.6. The van der Waals surface area contributed by atoms with E-state index in [-0.39, 0.29) is 11.6 Å². The van der Waals surface area contributed by atoms with Crippen molar-refractivity contribution in [1.82, 2.24) is 10.3 Å². The number of carboxylic acids is 1. The normalized spacial score (nSPS) is 17.4. The van der Waals surface area contributed by atoms with Crippen LogP contribution in [0.4, 0.5) is 11.4 Å². The molecule has 1 fully saturated rings. The first kappa shape index (κ1) is 24.5. The first-order valence-corrected chi connectivity index (χ1v) is 13.5. The molecule has 0 radical (unpaired) electrons. The molecule has 0 unspecified atom stereocenters. The van der Waals surface area contributed by atoms with Crippen molar-refractivity contribution < 1.29 is 22.7 Å². The van der Waals surface area contributed by atoms with Crippen LogP contribution in [0.15, 0.2) is 89.5 Å². The van der Waals surface area contributed by atoms with Crippen LogP contribution in [0.25, 0.3) is 11.3 Å². The van der Waals surface area contributed by atoms with Gasteiger partial charge < -0.3 is 19.7 Å². The average Bonchev–Trinajstić information content (AvgIpc) is 3.49. The van der Waals surface area contributed by atoms with Gasteiger partial charge in [0, 0.05) is 23.1 Å². The van der Waals surface area contributed by atoms with Gasteiger partial charge >= 0.3 is 5.97 Å². The number of hydrogen-bond donors (Lipinski definition) is 3. The Morgan fingerprint density at radius 1 is 1.08 bits per heavy atom. The van der Waals surface area contributed by atoms with Crippen LogP contribution in [-0.2, 0) is 10.0 Å². The number of nitrogens with one attached hydrogen (secondary N) is 2. The summed E-state index contributed by atoms with van der Waals surface area (Å²) in [5.74, 6) is 0.0922. The van der Waals surface area contributed by atoms with Crippen molar-refractivity contribution in [2.45, 2.75) is 12.1 Å². The maximum absolute atomic E-state index is 11.6. The Labute approximate surface area is 218 Å². The van der Waals surface area contributed by atoms with Gasteiger partial charge in [0.15, 0.2) is 5.11 Å². The highest BCUT2D eigenvalue weighted by molar-refractivity contribution is 7.92. The molecule has 0 bridgehead atoms. The van der Waals surface area contributed by atoms with Gasteiger partial charge in [-0.1, -0.05) is 18.2 Å². The van der Waals surface area contributed by atoms with E-state index in [0.29, 0.717) is 27.9 Å². The SMILES string of the molecule is CS(=O)(=O)Nc1ccc(N2C(=S)N[C@H](c3ccccn3)[C@@H]2c2ccc(-c3cccc(C(=O)O)c3)o2)cc1. The van der Waals surface area contributed by atoms with Crippen molar-refractivity contribution in [2.24, 2.45) is 0 Å². The van der Waals surface area contributed by atoms with Gasteiger partial charge in [0.2, 0.25) is 10.0 Å². The van der Waals surface area contributed by atoms with Gasteiger partial charge in [0.1, 0.15) is 17.6 Å². The molecule has 11 heteroatoms. The van der Waals surface area contributed by atoms with E-state index in [9.17, 15) is 18.3 Å². The summed E-state index contributed by atoms with van der Waals surface area (Å²) in [5.41, 5.74) is 2.72.